The Morgan fingerprint density at radius 1 is 1.29 bits per heavy atom. The molecule has 2 rings (SSSR count). The van der Waals surface area contributed by atoms with Crippen molar-refractivity contribution in [2.75, 3.05) is 20.2 Å². The Labute approximate surface area is 85.5 Å². The van der Waals surface area contributed by atoms with Crippen molar-refractivity contribution in [1.82, 2.24) is 4.90 Å². The molecule has 1 aliphatic rings. The van der Waals surface area contributed by atoms with Crippen molar-refractivity contribution in [1.29, 1.82) is 0 Å². The first-order chi connectivity index (χ1) is 6.79. The van der Waals surface area contributed by atoms with Crippen LogP contribution in [0.4, 0.5) is 0 Å². The van der Waals surface area contributed by atoms with Gasteiger partial charge in [-0.05, 0) is 19.5 Å². The molecule has 14 heavy (non-hydrogen) atoms. The minimum absolute atomic E-state index is 0.231. The molecule has 2 heteroatoms. The standard InChI is InChI=1S/C12H17NO/c1-10-12(14-9-8-13(10)2)11-6-4-3-5-7-11/h3-7,10,12H,8-9H2,1-2H3/t10-,12?/m1/s1. The van der Waals surface area contributed by atoms with Crippen molar-refractivity contribution in [3.8, 4) is 0 Å². The second kappa shape index (κ2) is 4.11. The molecule has 0 bridgehead atoms. The summed E-state index contributed by atoms with van der Waals surface area (Å²) in [6.45, 7) is 4.09. The smallest absolute Gasteiger partial charge is 0.0977 e. The molecule has 0 radical (unpaired) electrons. The lowest BCUT2D eigenvalue weighted by Gasteiger charge is -2.37. The van der Waals surface area contributed by atoms with E-state index in [1.54, 1.807) is 0 Å². The van der Waals surface area contributed by atoms with Crippen LogP contribution in [0.15, 0.2) is 30.3 Å². The average Bonchev–Trinajstić information content (AvgIpc) is 2.23. The number of benzene rings is 1. The summed E-state index contributed by atoms with van der Waals surface area (Å²) in [5.41, 5.74) is 1.28. The third-order valence-corrected chi connectivity index (χ3v) is 3.00. The van der Waals surface area contributed by atoms with Gasteiger partial charge < -0.3 is 4.74 Å². The molecule has 1 aromatic rings. The van der Waals surface area contributed by atoms with Gasteiger partial charge in [-0.1, -0.05) is 30.3 Å². The van der Waals surface area contributed by atoms with Crippen molar-refractivity contribution in [3.63, 3.8) is 0 Å². The number of rotatable bonds is 1. The largest absolute Gasteiger partial charge is 0.371 e. The molecule has 0 saturated carbocycles. The Morgan fingerprint density at radius 3 is 2.71 bits per heavy atom. The number of ether oxygens (including phenoxy) is 1. The molecule has 1 saturated heterocycles. The molecule has 1 heterocycles. The van der Waals surface area contributed by atoms with Gasteiger partial charge in [-0.3, -0.25) is 4.90 Å². The highest BCUT2D eigenvalue weighted by Gasteiger charge is 2.27. The maximum absolute atomic E-state index is 5.80. The van der Waals surface area contributed by atoms with E-state index in [0.29, 0.717) is 6.04 Å². The summed E-state index contributed by atoms with van der Waals surface area (Å²) in [6.07, 6.45) is 0.231. The Kier molecular flexibility index (Phi) is 2.85. The van der Waals surface area contributed by atoms with Gasteiger partial charge in [-0.15, -0.1) is 0 Å². The van der Waals surface area contributed by atoms with Gasteiger partial charge in [-0.25, -0.2) is 0 Å². The Bertz CT molecular complexity index is 286. The fourth-order valence-electron chi connectivity index (χ4n) is 1.92. The summed E-state index contributed by atoms with van der Waals surface area (Å²) in [5.74, 6) is 0. The molecule has 1 aromatic carbocycles. The van der Waals surface area contributed by atoms with Gasteiger partial charge >= 0.3 is 0 Å². The van der Waals surface area contributed by atoms with E-state index in [1.165, 1.54) is 5.56 Å². The van der Waals surface area contributed by atoms with E-state index in [4.69, 9.17) is 4.74 Å². The van der Waals surface area contributed by atoms with E-state index in [-0.39, 0.29) is 6.10 Å². The minimum Gasteiger partial charge on any atom is -0.371 e. The van der Waals surface area contributed by atoms with Gasteiger partial charge in [0.1, 0.15) is 0 Å². The maximum atomic E-state index is 5.80. The fraction of sp³-hybridized carbons (Fsp3) is 0.500. The van der Waals surface area contributed by atoms with Crippen LogP contribution in [0, 0.1) is 0 Å². The van der Waals surface area contributed by atoms with Crippen molar-refractivity contribution < 1.29 is 4.74 Å². The third kappa shape index (κ3) is 1.81. The number of hydrogen-bond donors (Lipinski definition) is 0. The van der Waals surface area contributed by atoms with E-state index in [2.05, 4.69) is 43.1 Å². The maximum Gasteiger partial charge on any atom is 0.0977 e. The zero-order valence-electron chi connectivity index (χ0n) is 8.81. The normalized spacial score (nSPS) is 29.0. The van der Waals surface area contributed by atoms with Gasteiger partial charge in [0, 0.05) is 12.6 Å². The highest BCUT2D eigenvalue weighted by molar-refractivity contribution is 5.19. The van der Waals surface area contributed by atoms with Crippen molar-refractivity contribution in [2.45, 2.75) is 19.1 Å². The monoisotopic (exact) mass is 191 g/mol. The molecule has 1 unspecified atom stereocenters. The van der Waals surface area contributed by atoms with E-state index in [1.807, 2.05) is 6.07 Å². The van der Waals surface area contributed by atoms with Crippen LogP contribution < -0.4 is 0 Å². The number of likely N-dealkylation sites (N-methyl/N-ethyl adjacent to an activating group) is 1. The zero-order chi connectivity index (χ0) is 9.97. The van der Waals surface area contributed by atoms with Crippen LogP contribution >= 0.6 is 0 Å². The van der Waals surface area contributed by atoms with Crippen LogP contribution in [0.25, 0.3) is 0 Å². The van der Waals surface area contributed by atoms with Crippen molar-refractivity contribution in [3.05, 3.63) is 35.9 Å². The Morgan fingerprint density at radius 2 is 2.00 bits per heavy atom. The van der Waals surface area contributed by atoms with Crippen molar-refractivity contribution >= 4 is 0 Å². The molecular formula is C12H17NO. The van der Waals surface area contributed by atoms with Gasteiger partial charge in [0.2, 0.25) is 0 Å². The van der Waals surface area contributed by atoms with E-state index in [9.17, 15) is 0 Å². The zero-order valence-corrected chi connectivity index (χ0v) is 8.81. The second-order valence-corrected chi connectivity index (χ2v) is 3.92. The van der Waals surface area contributed by atoms with Crippen LogP contribution in [0.2, 0.25) is 0 Å². The van der Waals surface area contributed by atoms with E-state index in [0.717, 1.165) is 13.2 Å². The molecular weight excluding hydrogens is 174 g/mol. The molecule has 0 amide bonds. The Hall–Kier alpha value is -0.860. The van der Waals surface area contributed by atoms with Crippen LogP contribution in [0.5, 0.6) is 0 Å². The van der Waals surface area contributed by atoms with Crippen LogP contribution in [0.3, 0.4) is 0 Å². The lowest BCUT2D eigenvalue weighted by molar-refractivity contribution is -0.0571. The number of hydrogen-bond acceptors (Lipinski definition) is 2. The fourth-order valence-corrected chi connectivity index (χ4v) is 1.92. The SMILES string of the molecule is C[C@@H]1C(c2ccccc2)OCCN1C. The minimum atomic E-state index is 0.231. The van der Waals surface area contributed by atoms with Gasteiger partial charge in [0.15, 0.2) is 0 Å². The van der Waals surface area contributed by atoms with Gasteiger partial charge in [0.05, 0.1) is 12.7 Å². The molecule has 0 aromatic heterocycles. The lowest BCUT2D eigenvalue weighted by atomic mass is 10.0. The topological polar surface area (TPSA) is 12.5 Å². The molecule has 2 nitrogen and oxygen atoms in total. The lowest BCUT2D eigenvalue weighted by Crippen LogP contribution is -2.42. The summed E-state index contributed by atoms with van der Waals surface area (Å²) in [5, 5.41) is 0. The van der Waals surface area contributed by atoms with Gasteiger partial charge in [0.25, 0.3) is 0 Å². The predicted molar refractivity (Wildman–Crippen MR) is 57.2 cm³/mol. The summed E-state index contributed by atoms with van der Waals surface area (Å²) < 4.78 is 5.80. The molecule has 1 aliphatic heterocycles. The molecule has 0 aliphatic carbocycles. The van der Waals surface area contributed by atoms with Gasteiger partial charge in [-0.2, -0.15) is 0 Å². The summed E-state index contributed by atoms with van der Waals surface area (Å²) >= 11 is 0. The number of nitrogens with zero attached hydrogens (tertiary/aromatic N) is 1. The summed E-state index contributed by atoms with van der Waals surface area (Å²) in [7, 11) is 2.16. The van der Waals surface area contributed by atoms with E-state index >= 15 is 0 Å². The van der Waals surface area contributed by atoms with Crippen molar-refractivity contribution in [2.24, 2.45) is 0 Å². The molecule has 0 spiro atoms. The first-order valence-electron chi connectivity index (χ1n) is 5.16. The predicted octanol–water partition coefficient (Wildman–Crippen LogP) is 2.08. The average molecular weight is 191 g/mol. The summed E-state index contributed by atoms with van der Waals surface area (Å²) in [6, 6.07) is 10.9. The molecule has 1 fully saturated rings. The third-order valence-electron chi connectivity index (χ3n) is 3.00. The van der Waals surface area contributed by atoms with Crippen LogP contribution in [0.1, 0.15) is 18.6 Å². The number of morpholine rings is 1. The molecule has 2 atom stereocenters. The quantitative estimate of drug-likeness (QED) is 0.674. The van der Waals surface area contributed by atoms with E-state index < -0.39 is 0 Å². The van der Waals surface area contributed by atoms with Crippen LogP contribution in [-0.2, 0) is 4.74 Å². The highest BCUT2D eigenvalue weighted by atomic mass is 16.5. The molecule has 76 valence electrons. The first kappa shape index (κ1) is 9.69. The molecule has 0 N–H and O–H groups in total. The highest BCUT2D eigenvalue weighted by Crippen LogP contribution is 2.26. The van der Waals surface area contributed by atoms with Crippen LogP contribution in [-0.4, -0.2) is 31.1 Å². The second-order valence-electron chi connectivity index (χ2n) is 3.92. The first-order valence-corrected chi connectivity index (χ1v) is 5.16. The summed E-state index contributed by atoms with van der Waals surface area (Å²) in [4.78, 5) is 2.35. The Balaban J connectivity index is 2.17.